The van der Waals surface area contributed by atoms with E-state index in [1.807, 2.05) is 0 Å². The lowest BCUT2D eigenvalue weighted by Gasteiger charge is -2.20. The molecule has 2 aliphatic heterocycles. The van der Waals surface area contributed by atoms with E-state index in [1.165, 1.54) is 43.2 Å². The topological polar surface area (TPSA) is 319 Å². The van der Waals surface area contributed by atoms with Gasteiger partial charge in [0.2, 0.25) is 17.7 Å². The number of hydrogen-bond acceptors (Lipinski definition) is 17. The first-order valence-electron chi connectivity index (χ1n) is 20.5. The van der Waals surface area contributed by atoms with Gasteiger partial charge in [-0.1, -0.05) is 46.7 Å². The summed E-state index contributed by atoms with van der Waals surface area (Å²) in [6, 6.07) is 19.2. The third-order valence-corrected chi connectivity index (χ3v) is 11.4. The van der Waals surface area contributed by atoms with Crippen molar-refractivity contribution in [2.75, 3.05) is 28.7 Å². The Hall–Kier alpha value is -9.22. The van der Waals surface area contributed by atoms with E-state index in [0.29, 0.717) is 45.3 Å². The second-order valence-electron chi connectivity index (χ2n) is 15.7. The number of anilines is 4. The lowest BCUT2D eigenvalue weighted by Crippen LogP contribution is -2.44. The third kappa shape index (κ3) is 7.47. The maximum absolute atomic E-state index is 14.3. The van der Waals surface area contributed by atoms with Crippen LogP contribution < -0.4 is 27.8 Å². The highest BCUT2D eigenvalue weighted by Crippen LogP contribution is 2.43. The molecular formula is C44H37F2N15O7. The zero-order chi connectivity index (χ0) is 48.1. The van der Waals surface area contributed by atoms with E-state index in [2.05, 4.69) is 51.1 Å². The fourth-order valence-corrected chi connectivity index (χ4v) is 7.72. The Morgan fingerprint density at radius 2 is 1.12 bits per heavy atom. The number of ether oxygens (including phenoxy) is 1. The Morgan fingerprint density at radius 1 is 0.676 bits per heavy atom. The Labute approximate surface area is 381 Å². The van der Waals surface area contributed by atoms with E-state index in [1.54, 1.807) is 72.3 Å². The molecule has 8 aromatic rings. The van der Waals surface area contributed by atoms with Gasteiger partial charge in [0.15, 0.2) is 22.5 Å². The molecule has 10 rings (SSSR count). The molecule has 0 saturated carbocycles. The van der Waals surface area contributed by atoms with E-state index in [9.17, 15) is 28.0 Å². The highest BCUT2D eigenvalue weighted by atomic mass is 19.1. The van der Waals surface area contributed by atoms with Crippen molar-refractivity contribution in [1.82, 2.24) is 49.8 Å². The quantitative estimate of drug-likeness (QED) is 0.0904. The molecule has 22 nitrogen and oxygen atoms in total. The zero-order valence-electron chi connectivity index (χ0n) is 36.0. The molecule has 0 spiro atoms. The number of esters is 1. The molecular weight excluding hydrogens is 889 g/mol. The van der Waals surface area contributed by atoms with Crippen LogP contribution in [0, 0.1) is 11.6 Å². The lowest BCUT2D eigenvalue weighted by molar-refractivity contribution is -0.152. The van der Waals surface area contributed by atoms with Gasteiger partial charge in [-0.15, -0.1) is 0 Å². The highest BCUT2D eigenvalue weighted by molar-refractivity contribution is 6.21. The van der Waals surface area contributed by atoms with Gasteiger partial charge in [-0.3, -0.25) is 28.5 Å². The zero-order valence-corrected chi connectivity index (χ0v) is 36.0. The van der Waals surface area contributed by atoms with Crippen molar-refractivity contribution in [2.24, 2.45) is 5.73 Å². The Balaban J connectivity index is 0.000000170. The number of nitrogens with one attached hydrogen (secondary N) is 2. The van der Waals surface area contributed by atoms with Gasteiger partial charge in [0, 0.05) is 23.3 Å². The van der Waals surface area contributed by atoms with Crippen LogP contribution in [0.25, 0.3) is 45.8 Å². The average Bonchev–Trinajstić information content (AvgIpc) is 4.18. The lowest BCUT2D eigenvalue weighted by atomic mass is 9.84. The summed E-state index contributed by atoms with van der Waals surface area (Å²) >= 11 is 0. The van der Waals surface area contributed by atoms with Crippen LogP contribution in [0.5, 0.6) is 0 Å². The van der Waals surface area contributed by atoms with Crippen molar-refractivity contribution in [3.63, 3.8) is 0 Å². The van der Waals surface area contributed by atoms with Crippen LogP contribution in [-0.4, -0.2) is 80.1 Å². The first-order chi connectivity index (χ1) is 32.6. The molecule has 0 fully saturated rings. The fraction of sp³-hybridized carbons (Fsp3) is 0.182. The summed E-state index contributed by atoms with van der Waals surface area (Å²) in [6.07, 6.45) is 2.81. The molecule has 6 aromatic heterocycles. The number of primary amides is 1. The summed E-state index contributed by atoms with van der Waals surface area (Å²) in [5, 5.41) is 22.1. The van der Waals surface area contributed by atoms with Crippen molar-refractivity contribution in [3.05, 3.63) is 119 Å². The molecule has 0 bridgehead atoms. The predicted molar refractivity (Wildman–Crippen MR) is 235 cm³/mol. The van der Waals surface area contributed by atoms with Crippen molar-refractivity contribution < 1.29 is 41.7 Å². The number of carbonyl (C=O) groups is 4. The summed E-state index contributed by atoms with van der Waals surface area (Å²) in [5.41, 5.74) is 18.1. The number of rotatable bonds is 11. The van der Waals surface area contributed by atoms with Gasteiger partial charge in [0.05, 0.1) is 42.2 Å². The van der Waals surface area contributed by atoms with E-state index < -0.39 is 34.5 Å². The standard InChI is InChI=1S/C23H20FN7O4.C21H17FN8O3/c1-3-34-22(33)23(2)17-18(25)26-19(27-20(17)28-21(23)32)15-10-16(14-8-9-35-30-14)31(29-15)11-12-6-4-5-7-13(12)24;1-21(19(24)31)15-16(23)25-17(26-18(15)27-20(21)32)13-8-14(12-6-7-33-29-12)30(28-13)9-10-4-2-3-5-11(10)22/h4-10H,3,11H2,1-2H3,(H3,25,26,27,28,32);2-8H,9H2,1H3,(H2,24,31)(H3,23,25,26,27,32). The molecule has 2 aromatic carbocycles. The second-order valence-corrected chi connectivity index (χ2v) is 15.7. The van der Waals surface area contributed by atoms with Crippen LogP contribution in [0.15, 0.2) is 94.4 Å². The summed E-state index contributed by atoms with van der Waals surface area (Å²) in [5.74, 6) is -3.41. The van der Waals surface area contributed by atoms with E-state index >= 15 is 0 Å². The van der Waals surface area contributed by atoms with Gasteiger partial charge >= 0.3 is 5.97 Å². The molecule has 344 valence electrons. The van der Waals surface area contributed by atoms with Gasteiger partial charge < -0.3 is 41.6 Å². The normalized spacial score (nSPS) is 16.9. The van der Waals surface area contributed by atoms with E-state index in [4.69, 9.17) is 31.0 Å². The van der Waals surface area contributed by atoms with Gasteiger partial charge in [0.25, 0.3) is 0 Å². The number of benzene rings is 2. The number of carbonyl (C=O) groups excluding carboxylic acids is 4. The minimum absolute atomic E-state index is 0.0643. The number of nitrogens with zero attached hydrogens (tertiary/aromatic N) is 10. The average molecular weight is 926 g/mol. The SMILES string of the molecule is CC1(C(N)=O)C(=O)Nc2nc(-c3cc(-c4ccon4)n(Cc4ccccc4F)n3)nc(N)c21.CCOC(=O)C1(C)C(=O)Nc2nc(-c3cc(-c4ccon4)n(Cc4ccccc4F)n3)nc(N)c21. The third-order valence-electron chi connectivity index (χ3n) is 11.4. The maximum atomic E-state index is 14.3. The van der Waals surface area contributed by atoms with Crippen LogP contribution in [0.4, 0.5) is 32.1 Å². The summed E-state index contributed by atoms with van der Waals surface area (Å²) in [7, 11) is 0. The minimum Gasteiger partial charge on any atom is -0.465 e. The molecule has 2 atom stereocenters. The van der Waals surface area contributed by atoms with Gasteiger partial charge in [-0.05, 0) is 45.0 Å². The molecule has 68 heavy (non-hydrogen) atoms. The predicted octanol–water partition coefficient (Wildman–Crippen LogP) is 4.00. The van der Waals surface area contributed by atoms with Crippen LogP contribution in [0.3, 0.4) is 0 Å². The van der Waals surface area contributed by atoms with Crippen LogP contribution >= 0.6 is 0 Å². The number of aromatic nitrogens is 10. The van der Waals surface area contributed by atoms with Crippen molar-refractivity contribution >= 4 is 47.0 Å². The van der Waals surface area contributed by atoms with Crippen molar-refractivity contribution in [3.8, 4) is 45.8 Å². The first-order valence-corrected chi connectivity index (χ1v) is 20.5. The van der Waals surface area contributed by atoms with E-state index in [0.717, 1.165) is 0 Å². The van der Waals surface area contributed by atoms with Gasteiger partial charge in [-0.2, -0.15) is 10.2 Å². The summed E-state index contributed by atoms with van der Waals surface area (Å²) in [4.78, 5) is 67.0. The number of amides is 3. The van der Waals surface area contributed by atoms with E-state index in [-0.39, 0.29) is 77.4 Å². The van der Waals surface area contributed by atoms with Crippen LogP contribution in [0.1, 0.15) is 43.0 Å². The summed E-state index contributed by atoms with van der Waals surface area (Å²) < 4.78 is 46.6. The van der Waals surface area contributed by atoms with Crippen molar-refractivity contribution in [1.29, 1.82) is 0 Å². The molecule has 24 heteroatoms. The minimum atomic E-state index is -1.69. The number of halogens is 2. The second kappa shape index (κ2) is 17.0. The van der Waals surface area contributed by atoms with Crippen molar-refractivity contribution in [2.45, 2.75) is 44.7 Å². The monoisotopic (exact) mass is 925 g/mol. The van der Waals surface area contributed by atoms with Gasteiger partial charge in [-0.25, -0.2) is 28.7 Å². The number of nitrogens with two attached hydrogens (primary N) is 3. The number of nitrogen functional groups attached to an aromatic ring is 2. The Kier molecular flexibility index (Phi) is 11.0. The molecule has 2 aliphatic rings. The largest absolute Gasteiger partial charge is 0.465 e. The Morgan fingerprint density at radius 3 is 1.53 bits per heavy atom. The number of fused-ring (bicyclic) bond motifs is 2. The number of hydrogen-bond donors (Lipinski definition) is 5. The summed E-state index contributed by atoms with van der Waals surface area (Å²) in [6.45, 7) is 4.72. The van der Waals surface area contributed by atoms with Gasteiger partial charge in [0.1, 0.15) is 70.2 Å². The van der Waals surface area contributed by atoms with Crippen LogP contribution in [0.2, 0.25) is 0 Å². The first kappa shape index (κ1) is 44.0. The highest BCUT2D eigenvalue weighted by Gasteiger charge is 2.54. The molecule has 2 unspecified atom stereocenters. The molecule has 0 radical (unpaired) electrons. The molecule has 3 amide bonds. The maximum Gasteiger partial charge on any atom is 0.326 e. The molecule has 0 aliphatic carbocycles. The smallest absolute Gasteiger partial charge is 0.326 e. The Bertz CT molecular complexity index is 3300. The fourth-order valence-electron chi connectivity index (χ4n) is 7.72. The molecule has 0 saturated heterocycles. The molecule has 8 heterocycles. The van der Waals surface area contributed by atoms with Crippen LogP contribution in [-0.2, 0) is 47.8 Å². The molecule has 8 N–H and O–H groups in total.